The number of rotatable bonds is 6. The molecule has 1 aromatic carbocycles. The van der Waals surface area contributed by atoms with E-state index in [-0.39, 0.29) is 17.3 Å². The molecule has 0 fully saturated rings. The Morgan fingerprint density at radius 3 is 2.85 bits per heavy atom. The zero-order valence-corrected chi connectivity index (χ0v) is 20.1. The third-order valence-electron chi connectivity index (χ3n) is 5.62. The molecule has 0 saturated carbocycles. The number of furan rings is 1. The van der Waals surface area contributed by atoms with Crippen molar-refractivity contribution in [1.82, 2.24) is 15.0 Å². The molecule has 0 aliphatic carbocycles. The lowest BCUT2D eigenvalue weighted by molar-refractivity contribution is -0.113. The van der Waals surface area contributed by atoms with Crippen molar-refractivity contribution in [1.29, 1.82) is 0 Å². The predicted molar refractivity (Wildman–Crippen MR) is 129 cm³/mol. The molecule has 10 heteroatoms. The molecule has 3 aromatic heterocycles. The highest BCUT2D eigenvalue weighted by atomic mass is 32.2. The molecule has 176 valence electrons. The topological polar surface area (TPSA) is 109 Å². The molecule has 0 unspecified atom stereocenters. The Labute approximate surface area is 200 Å². The highest BCUT2D eigenvalue weighted by molar-refractivity contribution is 8.00. The first kappa shape index (κ1) is 22.4. The Hall–Kier alpha value is -3.37. The quantitative estimate of drug-likeness (QED) is 0.318. The van der Waals surface area contributed by atoms with Crippen LogP contribution < -0.4 is 14.8 Å². The fourth-order valence-corrected chi connectivity index (χ4v) is 4.62. The van der Waals surface area contributed by atoms with E-state index in [1.54, 1.807) is 25.3 Å². The summed E-state index contributed by atoms with van der Waals surface area (Å²) < 4.78 is 22.5. The molecule has 1 N–H and O–H groups in total. The molecule has 4 aromatic rings. The third-order valence-corrected chi connectivity index (χ3v) is 6.59. The van der Waals surface area contributed by atoms with Gasteiger partial charge >= 0.3 is 0 Å². The maximum Gasteiger partial charge on any atom is 0.234 e. The zero-order valence-electron chi connectivity index (χ0n) is 19.3. The van der Waals surface area contributed by atoms with Gasteiger partial charge in [-0.25, -0.2) is 15.0 Å². The number of aromatic nitrogens is 3. The Morgan fingerprint density at radius 2 is 2.06 bits per heavy atom. The second kappa shape index (κ2) is 8.77. The molecule has 4 heterocycles. The van der Waals surface area contributed by atoms with E-state index in [1.165, 1.54) is 25.2 Å². The van der Waals surface area contributed by atoms with Crippen LogP contribution in [0.25, 0.3) is 22.2 Å². The summed E-state index contributed by atoms with van der Waals surface area (Å²) in [6, 6.07) is 7.24. The van der Waals surface area contributed by atoms with Crippen molar-refractivity contribution in [3.05, 3.63) is 41.9 Å². The summed E-state index contributed by atoms with van der Waals surface area (Å²) in [4.78, 5) is 26.1. The SMILES string of the molecule is COc1ccc(NC(=O)CSc2ncnc3c2oc2nc4c(cc23)COC(C)(C)C4)c(OC)c1. The van der Waals surface area contributed by atoms with Crippen LogP contribution in [0.1, 0.15) is 25.1 Å². The van der Waals surface area contributed by atoms with Crippen molar-refractivity contribution in [2.45, 2.75) is 37.5 Å². The standard InChI is InChI=1S/C24H24N4O5S/c1-24(2)9-17-13(10-32-24)7-15-20-21(33-22(15)28-17)23(26-12-25-20)34-11-19(29)27-16-6-5-14(30-3)8-18(16)31-4/h5-8,12H,9-11H2,1-4H3,(H,27,29). The van der Waals surface area contributed by atoms with Crippen molar-refractivity contribution in [3.8, 4) is 11.5 Å². The van der Waals surface area contributed by atoms with Crippen molar-refractivity contribution in [3.63, 3.8) is 0 Å². The van der Waals surface area contributed by atoms with E-state index in [2.05, 4.69) is 15.3 Å². The van der Waals surface area contributed by atoms with E-state index in [0.29, 0.717) is 52.1 Å². The van der Waals surface area contributed by atoms with Crippen LogP contribution in [0.3, 0.4) is 0 Å². The number of thioether (sulfide) groups is 1. The van der Waals surface area contributed by atoms with E-state index in [1.807, 2.05) is 19.9 Å². The predicted octanol–water partition coefficient (Wildman–Crippen LogP) is 4.37. The van der Waals surface area contributed by atoms with Gasteiger partial charge in [0, 0.05) is 18.1 Å². The number of methoxy groups -OCH3 is 2. The Bertz CT molecular complexity index is 1400. The molecule has 1 aliphatic rings. The van der Waals surface area contributed by atoms with Gasteiger partial charge in [-0.2, -0.15) is 0 Å². The third kappa shape index (κ3) is 4.26. The normalized spacial score (nSPS) is 14.7. The summed E-state index contributed by atoms with van der Waals surface area (Å²) in [6.45, 7) is 4.60. The molecule has 1 amide bonds. The van der Waals surface area contributed by atoms with Gasteiger partial charge in [-0.05, 0) is 32.0 Å². The summed E-state index contributed by atoms with van der Waals surface area (Å²) in [5.41, 5.74) is 4.01. The molecule has 1 aliphatic heterocycles. The minimum atomic E-state index is -0.263. The Balaban J connectivity index is 1.38. The first-order valence-corrected chi connectivity index (χ1v) is 11.7. The number of amides is 1. The van der Waals surface area contributed by atoms with Gasteiger partial charge in [0.2, 0.25) is 11.6 Å². The average molecular weight is 481 g/mol. The maximum absolute atomic E-state index is 12.6. The number of ether oxygens (including phenoxy) is 3. The number of hydrogen-bond acceptors (Lipinski definition) is 9. The average Bonchev–Trinajstić information content (AvgIpc) is 3.19. The minimum Gasteiger partial charge on any atom is -0.497 e. The van der Waals surface area contributed by atoms with Crippen LogP contribution in [0.4, 0.5) is 5.69 Å². The number of pyridine rings is 1. The number of nitrogens with one attached hydrogen (secondary N) is 1. The molecule has 0 saturated heterocycles. The van der Waals surface area contributed by atoms with Crippen LogP contribution in [-0.2, 0) is 22.6 Å². The number of benzene rings is 1. The first-order chi connectivity index (χ1) is 16.4. The highest BCUT2D eigenvalue weighted by Gasteiger charge is 2.28. The second-order valence-corrected chi connectivity index (χ2v) is 9.50. The van der Waals surface area contributed by atoms with Crippen LogP contribution >= 0.6 is 11.8 Å². The van der Waals surface area contributed by atoms with Gasteiger partial charge in [-0.15, -0.1) is 0 Å². The second-order valence-electron chi connectivity index (χ2n) is 8.53. The molecule has 0 spiro atoms. The van der Waals surface area contributed by atoms with Gasteiger partial charge in [0.25, 0.3) is 0 Å². The number of hydrogen-bond donors (Lipinski definition) is 1. The van der Waals surface area contributed by atoms with Crippen LogP contribution in [0.5, 0.6) is 11.5 Å². The lowest BCUT2D eigenvalue weighted by Crippen LogP contribution is -2.32. The number of carbonyl (C=O) groups is 1. The van der Waals surface area contributed by atoms with Crippen molar-refractivity contribution in [2.24, 2.45) is 0 Å². The van der Waals surface area contributed by atoms with Crippen LogP contribution in [0.2, 0.25) is 0 Å². The van der Waals surface area contributed by atoms with E-state index in [4.69, 9.17) is 23.6 Å². The molecule has 9 nitrogen and oxygen atoms in total. The summed E-state index contributed by atoms with van der Waals surface area (Å²) in [5.74, 6) is 1.08. The lowest BCUT2D eigenvalue weighted by atomic mass is 9.95. The maximum atomic E-state index is 12.6. The summed E-state index contributed by atoms with van der Waals surface area (Å²) in [7, 11) is 3.11. The Morgan fingerprint density at radius 1 is 1.21 bits per heavy atom. The van der Waals surface area contributed by atoms with Gasteiger partial charge in [-0.1, -0.05) is 11.8 Å². The van der Waals surface area contributed by atoms with E-state index in [0.717, 1.165) is 16.6 Å². The van der Waals surface area contributed by atoms with Crippen molar-refractivity contribution >= 4 is 45.6 Å². The Kier molecular flexibility index (Phi) is 5.78. The van der Waals surface area contributed by atoms with Gasteiger partial charge in [-0.3, -0.25) is 4.79 Å². The van der Waals surface area contributed by atoms with Crippen LogP contribution in [-0.4, -0.2) is 46.4 Å². The number of anilines is 1. The highest BCUT2D eigenvalue weighted by Crippen LogP contribution is 2.36. The van der Waals surface area contributed by atoms with E-state index in [9.17, 15) is 4.79 Å². The van der Waals surface area contributed by atoms with Crippen molar-refractivity contribution < 1.29 is 23.4 Å². The monoisotopic (exact) mass is 480 g/mol. The van der Waals surface area contributed by atoms with Crippen LogP contribution in [0, 0.1) is 0 Å². The minimum absolute atomic E-state index is 0.129. The number of fused-ring (bicyclic) bond motifs is 4. The molecule has 0 atom stereocenters. The van der Waals surface area contributed by atoms with E-state index < -0.39 is 0 Å². The largest absolute Gasteiger partial charge is 0.497 e. The number of carbonyl (C=O) groups excluding carboxylic acids is 1. The fraction of sp³-hybridized carbons (Fsp3) is 0.333. The zero-order chi connectivity index (χ0) is 23.9. The summed E-state index contributed by atoms with van der Waals surface area (Å²) in [6.07, 6.45) is 2.18. The lowest BCUT2D eigenvalue weighted by Gasteiger charge is -2.30. The van der Waals surface area contributed by atoms with Gasteiger partial charge < -0.3 is 23.9 Å². The van der Waals surface area contributed by atoms with E-state index >= 15 is 0 Å². The van der Waals surface area contributed by atoms with Crippen LogP contribution in [0.15, 0.2) is 40.0 Å². The smallest absolute Gasteiger partial charge is 0.234 e. The number of nitrogens with zero attached hydrogens (tertiary/aromatic N) is 3. The van der Waals surface area contributed by atoms with Gasteiger partial charge in [0.15, 0.2) is 5.58 Å². The molecule has 34 heavy (non-hydrogen) atoms. The van der Waals surface area contributed by atoms with Crippen molar-refractivity contribution in [2.75, 3.05) is 25.3 Å². The molecule has 5 rings (SSSR count). The molecular weight excluding hydrogens is 456 g/mol. The fourth-order valence-electron chi connectivity index (χ4n) is 3.89. The summed E-state index contributed by atoms with van der Waals surface area (Å²) in [5, 5.41) is 4.25. The molecular formula is C24H24N4O5S. The molecule has 0 bridgehead atoms. The first-order valence-electron chi connectivity index (χ1n) is 10.7. The van der Waals surface area contributed by atoms with Gasteiger partial charge in [0.1, 0.15) is 28.4 Å². The van der Waals surface area contributed by atoms with Gasteiger partial charge in [0.05, 0.1) is 48.9 Å². The molecule has 0 radical (unpaired) electrons. The summed E-state index contributed by atoms with van der Waals surface area (Å²) >= 11 is 1.27.